The van der Waals surface area contributed by atoms with Gasteiger partial charge in [0.15, 0.2) is 0 Å². The first-order valence-corrected chi connectivity index (χ1v) is 7.14. The van der Waals surface area contributed by atoms with Crippen molar-refractivity contribution in [1.29, 1.82) is 0 Å². The lowest BCUT2D eigenvalue weighted by Gasteiger charge is -2.24. The first kappa shape index (κ1) is 15.4. The van der Waals surface area contributed by atoms with E-state index >= 15 is 0 Å². The Morgan fingerprint density at radius 2 is 1.72 bits per heavy atom. The van der Waals surface area contributed by atoms with E-state index in [2.05, 4.69) is 32.9 Å². The zero-order valence-corrected chi connectivity index (χ0v) is 12.8. The van der Waals surface area contributed by atoms with Crippen molar-refractivity contribution >= 4 is 11.6 Å². The van der Waals surface area contributed by atoms with Crippen LogP contribution in [0.3, 0.4) is 0 Å². The van der Waals surface area contributed by atoms with Crippen molar-refractivity contribution < 1.29 is 4.74 Å². The minimum absolute atomic E-state index is 0.210. The molecule has 0 N–H and O–H groups in total. The Morgan fingerprint density at radius 3 is 2.22 bits per heavy atom. The fourth-order valence-electron chi connectivity index (χ4n) is 1.88. The molecule has 0 aliphatic carbocycles. The third kappa shape index (κ3) is 5.30. The van der Waals surface area contributed by atoms with Gasteiger partial charge < -0.3 is 4.74 Å². The zero-order valence-electron chi connectivity index (χ0n) is 12.0. The molecule has 1 rings (SSSR count). The number of benzene rings is 1. The number of aryl methyl sites for hydroxylation is 1. The lowest BCUT2D eigenvalue weighted by Crippen LogP contribution is -2.20. The molecule has 2 heteroatoms. The monoisotopic (exact) mass is 268 g/mol. The number of unbranched alkanes of at least 4 members (excludes halogenated alkanes) is 1. The highest BCUT2D eigenvalue weighted by atomic mass is 35.5. The molecule has 0 saturated carbocycles. The Kier molecular flexibility index (Phi) is 6.01. The highest BCUT2D eigenvalue weighted by molar-refractivity contribution is 6.21. The van der Waals surface area contributed by atoms with Crippen LogP contribution < -0.4 is 4.74 Å². The Labute approximate surface area is 116 Å². The number of halogens is 1. The molecular formula is C16H25ClO. The van der Waals surface area contributed by atoms with Crippen molar-refractivity contribution in [2.75, 3.05) is 7.11 Å². The molecule has 0 aromatic heterocycles. The van der Waals surface area contributed by atoms with Gasteiger partial charge in [0.05, 0.1) is 7.11 Å². The lowest BCUT2D eigenvalue weighted by molar-refractivity contribution is 0.366. The van der Waals surface area contributed by atoms with Gasteiger partial charge in [-0.1, -0.05) is 39.3 Å². The van der Waals surface area contributed by atoms with E-state index in [1.807, 2.05) is 12.1 Å². The molecule has 0 radical (unpaired) electrons. The van der Waals surface area contributed by atoms with Crippen LogP contribution in [-0.4, -0.2) is 12.5 Å². The summed E-state index contributed by atoms with van der Waals surface area (Å²) in [6.07, 6.45) is 4.61. The van der Waals surface area contributed by atoms with Crippen LogP contribution in [0.2, 0.25) is 0 Å². The van der Waals surface area contributed by atoms with Gasteiger partial charge in [-0.3, -0.25) is 0 Å². The molecule has 0 aliphatic rings. The molecule has 0 spiro atoms. The third-order valence-electron chi connectivity index (χ3n) is 3.27. The summed E-state index contributed by atoms with van der Waals surface area (Å²) in [5.41, 5.74) is 1.58. The molecule has 0 aliphatic heterocycles. The molecule has 0 saturated heterocycles. The van der Waals surface area contributed by atoms with Crippen LogP contribution in [0.1, 0.15) is 45.6 Å². The molecule has 1 aromatic carbocycles. The summed E-state index contributed by atoms with van der Waals surface area (Å²) >= 11 is 6.36. The summed E-state index contributed by atoms with van der Waals surface area (Å²) in [5, 5.41) is 0.272. The Hall–Kier alpha value is -0.690. The summed E-state index contributed by atoms with van der Waals surface area (Å²) in [5.74, 6) is 0.923. The summed E-state index contributed by atoms with van der Waals surface area (Å²) < 4.78 is 5.15. The highest BCUT2D eigenvalue weighted by Crippen LogP contribution is 2.28. The Bertz CT molecular complexity index is 337. The molecular weight excluding hydrogens is 244 g/mol. The molecule has 18 heavy (non-hydrogen) atoms. The highest BCUT2D eigenvalue weighted by Gasteiger charge is 2.21. The number of alkyl halides is 1. The van der Waals surface area contributed by atoms with Crippen molar-refractivity contribution in [1.82, 2.24) is 0 Å². The smallest absolute Gasteiger partial charge is 0.118 e. The van der Waals surface area contributed by atoms with Gasteiger partial charge in [0.1, 0.15) is 5.75 Å². The third-order valence-corrected chi connectivity index (χ3v) is 4.14. The number of ether oxygens (including phenoxy) is 1. The lowest BCUT2D eigenvalue weighted by atomic mass is 9.88. The van der Waals surface area contributed by atoms with E-state index in [0.717, 1.165) is 18.6 Å². The summed E-state index contributed by atoms with van der Waals surface area (Å²) in [6.45, 7) is 6.61. The van der Waals surface area contributed by atoms with E-state index in [1.165, 1.54) is 18.4 Å². The summed E-state index contributed by atoms with van der Waals surface area (Å²) in [4.78, 5) is 0. The van der Waals surface area contributed by atoms with Crippen molar-refractivity contribution in [3.8, 4) is 5.75 Å². The number of rotatable bonds is 6. The van der Waals surface area contributed by atoms with E-state index in [-0.39, 0.29) is 10.8 Å². The maximum atomic E-state index is 6.36. The van der Waals surface area contributed by atoms with Gasteiger partial charge in [-0.05, 0) is 42.4 Å². The molecule has 1 unspecified atom stereocenters. The number of methoxy groups -OCH3 is 1. The van der Waals surface area contributed by atoms with E-state index < -0.39 is 0 Å². The SMILES string of the molecule is COc1ccc(CCCCC(Cl)C(C)(C)C)cc1. The van der Waals surface area contributed by atoms with Gasteiger partial charge in [-0.25, -0.2) is 0 Å². The van der Waals surface area contributed by atoms with Gasteiger partial charge in [0.2, 0.25) is 0 Å². The van der Waals surface area contributed by atoms with E-state index in [1.54, 1.807) is 7.11 Å². The van der Waals surface area contributed by atoms with E-state index in [9.17, 15) is 0 Å². The Balaban J connectivity index is 2.25. The molecule has 1 atom stereocenters. The molecule has 0 fully saturated rings. The predicted octanol–water partition coefficient (Wildman–Crippen LogP) is 5.06. The first-order chi connectivity index (χ1) is 8.43. The largest absolute Gasteiger partial charge is 0.497 e. The second-order valence-electron chi connectivity index (χ2n) is 5.93. The van der Waals surface area contributed by atoms with E-state index in [4.69, 9.17) is 16.3 Å². The van der Waals surface area contributed by atoms with E-state index in [0.29, 0.717) is 0 Å². The summed E-state index contributed by atoms with van der Waals surface area (Å²) in [7, 11) is 1.70. The van der Waals surface area contributed by atoms with Crippen LogP contribution in [0.15, 0.2) is 24.3 Å². The standard InChI is InChI=1S/C16H25ClO/c1-16(2,3)15(17)8-6-5-7-13-9-11-14(18-4)12-10-13/h9-12,15H,5-8H2,1-4H3. The zero-order chi connectivity index (χ0) is 13.6. The van der Waals surface area contributed by atoms with Crippen LogP contribution in [0.25, 0.3) is 0 Å². The van der Waals surface area contributed by atoms with Crippen LogP contribution in [-0.2, 0) is 6.42 Å². The topological polar surface area (TPSA) is 9.23 Å². The predicted molar refractivity (Wildman–Crippen MR) is 79.6 cm³/mol. The molecule has 0 bridgehead atoms. The van der Waals surface area contributed by atoms with Gasteiger partial charge in [-0.2, -0.15) is 0 Å². The van der Waals surface area contributed by atoms with Gasteiger partial charge in [0, 0.05) is 5.38 Å². The van der Waals surface area contributed by atoms with Crippen LogP contribution in [0, 0.1) is 5.41 Å². The van der Waals surface area contributed by atoms with Crippen molar-refractivity contribution in [2.24, 2.45) is 5.41 Å². The Morgan fingerprint density at radius 1 is 1.11 bits per heavy atom. The quantitative estimate of drug-likeness (QED) is 0.517. The minimum Gasteiger partial charge on any atom is -0.497 e. The van der Waals surface area contributed by atoms with Gasteiger partial charge >= 0.3 is 0 Å². The second-order valence-corrected chi connectivity index (χ2v) is 6.45. The average molecular weight is 269 g/mol. The molecule has 0 amide bonds. The number of hydrogen-bond acceptors (Lipinski definition) is 1. The van der Waals surface area contributed by atoms with Crippen molar-refractivity contribution in [3.05, 3.63) is 29.8 Å². The van der Waals surface area contributed by atoms with Crippen LogP contribution >= 0.6 is 11.6 Å². The maximum Gasteiger partial charge on any atom is 0.118 e. The fraction of sp³-hybridized carbons (Fsp3) is 0.625. The van der Waals surface area contributed by atoms with Crippen molar-refractivity contribution in [2.45, 2.75) is 51.8 Å². The molecule has 1 aromatic rings. The number of hydrogen-bond donors (Lipinski definition) is 0. The average Bonchev–Trinajstić information content (AvgIpc) is 2.34. The molecule has 1 nitrogen and oxygen atoms in total. The normalized spacial score (nSPS) is 13.4. The summed E-state index contributed by atoms with van der Waals surface area (Å²) in [6, 6.07) is 8.32. The fourth-order valence-corrected chi connectivity index (χ4v) is 2.03. The van der Waals surface area contributed by atoms with Crippen molar-refractivity contribution in [3.63, 3.8) is 0 Å². The molecule has 102 valence electrons. The first-order valence-electron chi connectivity index (χ1n) is 6.70. The maximum absolute atomic E-state index is 6.36. The van der Waals surface area contributed by atoms with Crippen LogP contribution in [0.5, 0.6) is 5.75 Å². The van der Waals surface area contributed by atoms with Gasteiger partial charge in [0.25, 0.3) is 0 Å². The second kappa shape index (κ2) is 7.04. The minimum atomic E-state index is 0.210. The molecule has 0 heterocycles. The van der Waals surface area contributed by atoms with Crippen LogP contribution in [0.4, 0.5) is 0 Å². The van der Waals surface area contributed by atoms with Gasteiger partial charge in [-0.15, -0.1) is 11.6 Å².